The Labute approximate surface area is 111 Å². The van der Waals surface area contributed by atoms with E-state index in [9.17, 15) is 0 Å². The molecule has 0 spiro atoms. The van der Waals surface area contributed by atoms with Crippen molar-refractivity contribution >= 4 is 0 Å². The van der Waals surface area contributed by atoms with Crippen molar-refractivity contribution in [1.82, 2.24) is 5.32 Å². The summed E-state index contributed by atoms with van der Waals surface area (Å²) in [5.74, 6) is 0.959. The Bertz CT molecular complexity index is 379. The lowest BCUT2D eigenvalue weighted by Gasteiger charge is -2.24. The second-order valence-corrected chi connectivity index (χ2v) is 5.66. The van der Waals surface area contributed by atoms with Gasteiger partial charge in [0.2, 0.25) is 0 Å². The highest BCUT2D eigenvalue weighted by atomic mass is 16.5. The predicted molar refractivity (Wildman–Crippen MR) is 78.2 cm³/mol. The Morgan fingerprint density at radius 3 is 2.61 bits per heavy atom. The Hall–Kier alpha value is -1.28. The standard InChI is InChI=1S/C16H25NO/c1-6-9-14-10-7-8-11-15(14)18-13(2)12-17-16(3,4)5/h6-8,10-11,13,17H,1,9,12H2,2-5H3. The van der Waals surface area contributed by atoms with Crippen LogP contribution in [0.2, 0.25) is 0 Å². The maximum absolute atomic E-state index is 5.98. The monoisotopic (exact) mass is 247 g/mol. The van der Waals surface area contributed by atoms with E-state index in [1.54, 1.807) is 0 Å². The highest BCUT2D eigenvalue weighted by Crippen LogP contribution is 2.20. The zero-order valence-electron chi connectivity index (χ0n) is 12.0. The van der Waals surface area contributed by atoms with Crippen LogP contribution >= 0.6 is 0 Å². The van der Waals surface area contributed by atoms with Gasteiger partial charge in [0.15, 0.2) is 0 Å². The Balaban J connectivity index is 2.58. The predicted octanol–water partition coefficient (Wildman–Crippen LogP) is 3.57. The fraction of sp³-hybridized carbons (Fsp3) is 0.500. The molecule has 0 fully saturated rings. The van der Waals surface area contributed by atoms with Crippen LogP contribution < -0.4 is 10.1 Å². The van der Waals surface area contributed by atoms with Crippen LogP contribution in [0.5, 0.6) is 5.75 Å². The average molecular weight is 247 g/mol. The molecule has 0 aliphatic rings. The number of ether oxygens (including phenoxy) is 1. The minimum atomic E-state index is 0.123. The quantitative estimate of drug-likeness (QED) is 0.776. The second kappa shape index (κ2) is 6.60. The van der Waals surface area contributed by atoms with Crippen LogP contribution in [0.15, 0.2) is 36.9 Å². The summed E-state index contributed by atoms with van der Waals surface area (Å²) in [7, 11) is 0. The van der Waals surface area contributed by atoms with Crippen LogP contribution in [0.4, 0.5) is 0 Å². The molecule has 18 heavy (non-hydrogen) atoms. The molecule has 0 amide bonds. The van der Waals surface area contributed by atoms with E-state index in [-0.39, 0.29) is 11.6 Å². The van der Waals surface area contributed by atoms with Crippen molar-refractivity contribution in [2.75, 3.05) is 6.54 Å². The van der Waals surface area contributed by atoms with E-state index in [2.05, 4.69) is 45.7 Å². The number of hydrogen-bond acceptors (Lipinski definition) is 2. The van der Waals surface area contributed by atoms with Gasteiger partial charge in [-0.2, -0.15) is 0 Å². The van der Waals surface area contributed by atoms with Gasteiger partial charge >= 0.3 is 0 Å². The summed E-state index contributed by atoms with van der Waals surface area (Å²) in [6, 6.07) is 8.14. The molecular formula is C16H25NO. The number of nitrogens with one attached hydrogen (secondary N) is 1. The van der Waals surface area contributed by atoms with E-state index in [4.69, 9.17) is 4.74 Å². The van der Waals surface area contributed by atoms with Crippen molar-refractivity contribution in [3.8, 4) is 5.75 Å². The van der Waals surface area contributed by atoms with Gasteiger partial charge in [0.05, 0.1) is 0 Å². The molecule has 1 aromatic carbocycles. The van der Waals surface area contributed by atoms with Crippen molar-refractivity contribution in [1.29, 1.82) is 0 Å². The molecular weight excluding hydrogens is 222 g/mol. The first-order valence-corrected chi connectivity index (χ1v) is 6.53. The van der Waals surface area contributed by atoms with Gasteiger partial charge < -0.3 is 10.1 Å². The summed E-state index contributed by atoms with van der Waals surface area (Å²) < 4.78 is 5.98. The third-order valence-corrected chi connectivity index (χ3v) is 2.58. The third-order valence-electron chi connectivity index (χ3n) is 2.58. The molecule has 1 atom stereocenters. The van der Waals surface area contributed by atoms with E-state index in [0.717, 1.165) is 18.7 Å². The van der Waals surface area contributed by atoms with Crippen LogP contribution in [-0.2, 0) is 6.42 Å². The SMILES string of the molecule is C=CCc1ccccc1OC(C)CNC(C)(C)C. The number of rotatable bonds is 6. The van der Waals surface area contributed by atoms with Gasteiger partial charge in [-0.05, 0) is 45.7 Å². The lowest BCUT2D eigenvalue weighted by molar-refractivity contribution is 0.202. The molecule has 1 aromatic rings. The van der Waals surface area contributed by atoms with Crippen LogP contribution in [0.3, 0.4) is 0 Å². The zero-order valence-corrected chi connectivity index (χ0v) is 12.0. The Morgan fingerprint density at radius 1 is 1.33 bits per heavy atom. The number of hydrogen-bond donors (Lipinski definition) is 1. The van der Waals surface area contributed by atoms with Gasteiger partial charge in [-0.3, -0.25) is 0 Å². The largest absolute Gasteiger partial charge is 0.489 e. The maximum atomic E-state index is 5.98. The number of allylic oxidation sites excluding steroid dienone is 1. The summed E-state index contributed by atoms with van der Waals surface area (Å²) in [5, 5.41) is 3.45. The fourth-order valence-electron chi connectivity index (χ4n) is 1.65. The van der Waals surface area contributed by atoms with Crippen LogP contribution in [-0.4, -0.2) is 18.2 Å². The molecule has 0 saturated carbocycles. The number of para-hydroxylation sites is 1. The lowest BCUT2D eigenvalue weighted by Crippen LogP contribution is -2.41. The second-order valence-electron chi connectivity index (χ2n) is 5.66. The Morgan fingerprint density at radius 2 is 2.00 bits per heavy atom. The van der Waals surface area contributed by atoms with E-state index < -0.39 is 0 Å². The van der Waals surface area contributed by atoms with Crippen molar-refractivity contribution in [3.63, 3.8) is 0 Å². The van der Waals surface area contributed by atoms with Gasteiger partial charge in [-0.15, -0.1) is 6.58 Å². The van der Waals surface area contributed by atoms with Gasteiger partial charge in [0, 0.05) is 12.1 Å². The molecule has 1 N–H and O–H groups in total. The zero-order chi connectivity index (χ0) is 13.6. The molecule has 2 heteroatoms. The summed E-state index contributed by atoms with van der Waals surface area (Å²) >= 11 is 0. The van der Waals surface area contributed by atoms with Gasteiger partial charge in [0.25, 0.3) is 0 Å². The number of benzene rings is 1. The average Bonchev–Trinajstić information content (AvgIpc) is 2.29. The van der Waals surface area contributed by atoms with Crippen LogP contribution in [0, 0.1) is 0 Å². The van der Waals surface area contributed by atoms with Crippen LogP contribution in [0.1, 0.15) is 33.3 Å². The Kier molecular flexibility index (Phi) is 5.42. The molecule has 0 aliphatic carbocycles. The minimum Gasteiger partial charge on any atom is -0.489 e. The van der Waals surface area contributed by atoms with Gasteiger partial charge in [0.1, 0.15) is 11.9 Å². The van der Waals surface area contributed by atoms with Gasteiger partial charge in [-0.25, -0.2) is 0 Å². The van der Waals surface area contributed by atoms with Crippen molar-refractivity contribution in [2.24, 2.45) is 0 Å². The molecule has 0 saturated heterocycles. The molecule has 0 aromatic heterocycles. The summed E-state index contributed by atoms with van der Waals surface area (Å²) in [6.07, 6.45) is 2.89. The topological polar surface area (TPSA) is 21.3 Å². The molecule has 1 rings (SSSR count). The summed E-state index contributed by atoms with van der Waals surface area (Å²) in [6.45, 7) is 13.2. The highest BCUT2D eigenvalue weighted by molar-refractivity contribution is 5.34. The van der Waals surface area contributed by atoms with Crippen molar-refractivity contribution < 1.29 is 4.74 Å². The van der Waals surface area contributed by atoms with E-state index in [0.29, 0.717) is 0 Å². The normalized spacial score (nSPS) is 13.1. The molecule has 0 radical (unpaired) electrons. The smallest absolute Gasteiger partial charge is 0.123 e. The first-order valence-electron chi connectivity index (χ1n) is 6.53. The highest BCUT2D eigenvalue weighted by Gasteiger charge is 2.12. The van der Waals surface area contributed by atoms with Crippen molar-refractivity contribution in [3.05, 3.63) is 42.5 Å². The first-order chi connectivity index (χ1) is 8.42. The molecule has 1 unspecified atom stereocenters. The lowest BCUT2D eigenvalue weighted by atomic mass is 10.1. The van der Waals surface area contributed by atoms with E-state index in [1.807, 2.05) is 24.3 Å². The summed E-state index contributed by atoms with van der Waals surface area (Å²) in [4.78, 5) is 0. The molecule has 2 nitrogen and oxygen atoms in total. The maximum Gasteiger partial charge on any atom is 0.123 e. The minimum absolute atomic E-state index is 0.123. The van der Waals surface area contributed by atoms with Crippen LogP contribution in [0.25, 0.3) is 0 Å². The van der Waals surface area contributed by atoms with Gasteiger partial charge in [-0.1, -0.05) is 24.3 Å². The summed E-state index contributed by atoms with van der Waals surface area (Å²) in [5.41, 5.74) is 1.31. The third kappa shape index (κ3) is 5.37. The fourth-order valence-corrected chi connectivity index (χ4v) is 1.65. The molecule has 100 valence electrons. The first kappa shape index (κ1) is 14.8. The molecule has 0 aliphatic heterocycles. The van der Waals surface area contributed by atoms with E-state index >= 15 is 0 Å². The molecule has 0 heterocycles. The van der Waals surface area contributed by atoms with Crippen molar-refractivity contribution in [2.45, 2.75) is 45.8 Å². The van der Waals surface area contributed by atoms with E-state index in [1.165, 1.54) is 5.56 Å². The molecule has 0 bridgehead atoms.